The summed E-state index contributed by atoms with van der Waals surface area (Å²) in [5.74, 6) is -0.472. The van der Waals surface area contributed by atoms with Gasteiger partial charge in [-0.25, -0.2) is 0 Å². The lowest BCUT2D eigenvalue weighted by molar-refractivity contribution is -0.384. The number of anilines is 1. The van der Waals surface area contributed by atoms with E-state index in [1.54, 1.807) is 0 Å². The van der Waals surface area contributed by atoms with Crippen LogP contribution in [0.2, 0.25) is 0 Å². The number of phenols is 1. The van der Waals surface area contributed by atoms with E-state index in [1.165, 1.54) is 10.4 Å². The van der Waals surface area contributed by atoms with Crippen molar-refractivity contribution in [3.63, 3.8) is 0 Å². The molecule has 1 aromatic rings. The van der Waals surface area contributed by atoms with Gasteiger partial charge >= 0.3 is 10.2 Å². The van der Waals surface area contributed by atoms with E-state index < -0.39 is 20.9 Å². The zero-order valence-corrected chi connectivity index (χ0v) is 11.5. The van der Waals surface area contributed by atoms with Crippen molar-refractivity contribution in [3.05, 3.63) is 28.3 Å². The van der Waals surface area contributed by atoms with E-state index in [2.05, 4.69) is 4.72 Å². The summed E-state index contributed by atoms with van der Waals surface area (Å²) in [6.07, 6.45) is 2.59. The van der Waals surface area contributed by atoms with E-state index in [1.807, 2.05) is 0 Å². The first-order chi connectivity index (χ1) is 9.40. The van der Waals surface area contributed by atoms with Gasteiger partial charge in [-0.2, -0.15) is 12.7 Å². The van der Waals surface area contributed by atoms with E-state index in [0.717, 1.165) is 31.4 Å². The summed E-state index contributed by atoms with van der Waals surface area (Å²) >= 11 is 0. The van der Waals surface area contributed by atoms with Gasteiger partial charge in [-0.1, -0.05) is 6.42 Å². The van der Waals surface area contributed by atoms with Crippen LogP contribution in [0.25, 0.3) is 0 Å². The fraction of sp³-hybridized carbons (Fsp3) is 0.455. The van der Waals surface area contributed by atoms with Gasteiger partial charge < -0.3 is 5.11 Å². The maximum atomic E-state index is 12.1. The number of nitrogens with one attached hydrogen (secondary N) is 1. The summed E-state index contributed by atoms with van der Waals surface area (Å²) in [5.41, 5.74) is -0.371. The summed E-state index contributed by atoms with van der Waals surface area (Å²) in [6, 6.07) is 3.22. The van der Waals surface area contributed by atoms with Crippen LogP contribution >= 0.6 is 0 Å². The normalized spacial score (nSPS) is 16.8. The number of hydrogen-bond acceptors (Lipinski definition) is 5. The van der Waals surface area contributed by atoms with Crippen LogP contribution in [0, 0.1) is 10.1 Å². The van der Waals surface area contributed by atoms with E-state index in [0.29, 0.717) is 13.1 Å². The van der Waals surface area contributed by atoms with Crippen LogP contribution in [-0.4, -0.2) is 35.8 Å². The summed E-state index contributed by atoms with van der Waals surface area (Å²) in [6.45, 7) is 0.867. The van der Waals surface area contributed by atoms with Crippen molar-refractivity contribution in [2.24, 2.45) is 0 Å². The molecule has 0 aliphatic carbocycles. The molecule has 1 fully saturated rings. The molecule has 0 unspecified atom stereocenters. The molecule has 1 aromatic carbocycles. The van der Waals surface area contributed by atoms with Crippen molar-refractivity contribution in [2.75, 3.05) is 17.8 Å². The Kier molecular flexibility index (Phi) is 4.09. The largest absolute Gasteiger partial charge is 0.505 e. The molecular formula is C11H15N3O5S. The molecule has 0 amide bonds. The van der Waals surface area contributed by atoms with Gasteiger partial charge in [0.15, 0.2) is 0 Å². The van der Waals surface area contributed by atoms with Crippen molar-refractivity contribution in [1.82, 2.24) is 4.31 Å². The fourth-order valence-electron chi connectivity index (χ4n) is 2.03. The van der Waals surface area contributed by atoms with Crippen LogP contribution in [0.5, 0.6) is 5.75 Å². The quantitative estimate of drug-likeness (QED) is 0.496. The van der Waals surface area contributed by atoms with Crippen molar-refractivity contribution in [1.29, 1.82) is 0 Å². The van der Waals surface area contributed by atoms with E-state index in [4.69, 9.17) is 0 Å². The van der Waals surface area contributed by atoms with Crippen LogP contribution < -0.4 is 4.72 Å². The third-order valence-corrected chi connectivity index (χ3v) is 4.61. The molecule has 8 nitrogen and oxygen atoms in total. The topological polar surface area (TPSA) is 113 Å². The number of rotatable bonds is 4. The van der Waals surface area contributed by atoms with Crippen LogP contribution in [0.3, 0.4) is 0 Å². The lowest BCUT2D eigenvalue weighted by Gasteiger charge is -2.26. The van der Waals surface area contributed by atoms with Gasteiger partial charge in [-0.15, -0.1) is 0 Å². The lowest BCUT2D eigenvalue weighted by atomic mass is 10.2. The van der Waals surface area contributed by atoms with E-state index in [-0.39, 0.29) is 11.4 Å². The number of nitrogens with zero attached hydrogens (tertiary/aromatic N) is 2. The monoisotopic (exact) mass is 301 g/mol. The van der Waals surface area contributed by atoms with Crippen molar-refractivity contribution in [3.8, 4) is 5.75 Å². The van der Waals surface area contributed by atoms with Gasteiger partial charge in [0.05, 0.1) is 16.7 Å². The molecule has 9 heteroatoms. The highest BCUT2D eigenvalue weighted by molar-refractivity contribution is 7.90. The molecule has 2 N–H and O–H groups in total. The number of aromatic hydroxyl groups is 1. The number of piperidine rings is 1. The first kappa shape index (κ1) is 14.5. The summed E-state index contributed by atoms with van der Waals surface area (Å²) < 4.78 is 27.7. The molecule has 0 radical (unpaired) electrons. The molecule has 1 heterocycles. The average Bonchev–Trinajstić information content (AvgIpc) is 2.41. The number of hydrogen-bond donors (Lipinski definition) is 2. The van der Waals surface area contributed by atoms with Crippen LogP contribution in [0.4, 0.5) is 11.4 Å². The summed E-state index contributed by atoms with van der Waals surface area (Å²) in [5, 5.41) is 20.2. The maximum Gasteiger partial charge on any atom is 0.301 e. The number of benzene rings is 1. The van der Waals surface area contributed by atoms with Gasteiger partial charge in [0, 0.05) is 19.2 Å². The van der Waals surface area contributed by atoms with Crippen LogP contribution in [-0.2, 0) is 10.2 Å². The van der Waals surface area contributed by atoms with E-state index in [9.17, 15) is 23.6 Å². The Balaban J connectivity index is 2.18. The second-order valence-electron chi connectivity index (χ2n) is 4.53. The molecule has 0 saturated carbocycles. The van der Waals surface area contributed by atoms with Gasteiger partial charge in [0.2, 0.25) is 0 Å². The Morgan fingerprint density at radius 3 is 2.45 bits per heavy atom. The molecule has 0 spiro atoms. The second kappa shape index (κ2) is 5.63. The minimum Gasteiger partial charge on any atom is -0.505 e. The number of nitro groups is 1. The highest BCUT2D eigenvalue weighted by atomic mass is 32.2. The zero-order valence-electron chi connectivity index (χ0n) is 10.7. The molecule has 1 aliphatic rings. The molecule has 2 rings (SSSR count). The molecule has 110 valence electrons. The number of phenolic OH excluding ortho intramolecular Hbond substituents is 1. The van der Waals surface area contributed by atoms with E-state index >= 15 is 0 Å². The maximum absolute atomic E-state index is 12.1. The molecule has 20 heavy (non-hydrogen) atoms. The van der Waals surface area contributed by atoms with Gasteiger partial charge in [0.25, 0.3) is 5.69 Å². The Bertz CT molecular complexity index is 610. The van der Waals surface area contributed by atoms with Crippen molar-refractivity contribution < 1.29 is 18.4 Å². The van der Waals surface area contributed by atoms with Crippen LogP contribution in [0.1, 0.15) is 19.3 Å². The number of nitro benzene ring substituents is 1. The predicted octanol–water partition coefficient (Wildman–Crippen LogP) is 1.44. The highest BCUT2D eigenvalue weighted by Gasteiger charge is 2.25. The molecule has 0 atom stereocenters. The summed E-state index contributed by atoms with van der Waals surface area (Å²) in [7, 11) is -3.74. The fourth-order valence-corrected chi connectivity index (χ4v) is 3.35. The minimum atomic E-state index is -3.74. The predicted molar refractivity (Wildman–Crippen MR) is 72.7 cm³/mol. The first-order valence-corrected chi connectivity index (χ1v) is 7.59. The standard InChI is InChI=1S/C11H15N3O5S/c15-11-8-9(14(16)17)4-5-10(11)12-20(18,19)13-6-2-1-3-7-13/h4-5,8,12,15H,1-3,6-7H2. The number of non-ortho nitro benzene ring substituents is 1. The molecule has 1 aliphatic heterocycles. The molecular weight excluding hydrogens is 286 g/mol. The Morgan fingerprint density at radius 1 is 1.25 bits per heavy atom. The smallest absolute Gasteiger partial charge is 0.301 e. The molecule has 0 bridgehead atoms. The van der Waals surface area contributed by atoms with Crippen LogP contribution in [0.15, 0.2) is 18.2 Å². The van der Waals surface area contributed by atoms with Crippen molar-refractivity contribution >= 4 is 21.6 Å². The Hall–Kier alpha value is -1.87. The van der Waals surface area contributed by atoms with Gasteiger partial charge in [-0.3, -0.25) is 14.8 Å². The SMILES string of the molecule is O=[N+]([O-])c1ccc(NS(=O)(=O)N2CCCCC2)c(O)c1. The minimum absolute atomic E-state index is 0.0684. The first-order valence-electron chi connectivity index (χ1n) is 6.15. The molecule has 0 aromatic heterocycles. The van der Waals surface area contributed by atoms with Gasteiger partial charge in [0.1, 0.15) is 5.75 Å². The average molecular weight is 301 g/mol. The Labute approximate surface area is 116 Å². The second-order valence-corrected chi connectivity index (χ2v) is 6.20. The molecule has 1 saturated heterocycles. The van der Waals surface area contributed by atoms with Gasteiger partial charge in [-0.05, 0) is 18.9 Å². The lowest BCUT2D eigenvalue weighted by Crippen LogP contribution is -2.39. The highest BCUT2D eigenvalue weighted by Crippen LogP contribution is 2.29. The van der Waals surface area contributed by atoms with Crippen molar-refractivity contribution in [2.45, 2.75) is 19.3 Å². The third kappa shape index (κ3) is 3.17. The summed E-state index contributed by atoms with van der Waals surface area (Å²) in [4.78, 5) is 9.88. The Morgan fingerprint density at radius 2 is 1.90 bits per heavy atom. The third-order valence-electron chi connectivity index (χ3n) is 3.09. The zero-order chi connectivity index (χ0) is 14.8.